The average Bonchev–Trinajstić information content (AvgIpc) is 2.92. The molecule has 2 heterocycles. The highest BCUT2D eigenvalue weighted by molar-refractivity contribution is 5.96. The SMILES string of the molecule is CCCn1cccc1CNc1ccc2c(c1)NC(=O)CO2. The number of nitrogens with zero attached hydrogens (tertiary/aromatic N) is 1. The van der Waals surface area contributed by atoms with E-state index in [1.54, 1.807) is 0 Å². The van der Waals surface area contributed by atoms with E-state index < -0.39 is 0 Å². The van der Waals surface area contributed by atoms with Crippen molar-refractivity contribution in [2.75, 3.05) is 17.2 Å². The van der Waals surface area contributed by atoms with Crippen molar-refractivity contribution in [3.05, 3.63) is 42.2 Å². The zero-order valence-electron chi connectivity index (χ0n) is 12.1. The zero-order chi connectivity index (χ0) is 14.7. The Kier molecular flexibility index (Phi) is 3.81. The van der Waals surface area contributed by atoms with Crippen LogP contribution in [0, 0.1) is 0 Å². The first kappa shape index (κ1) is 13.5. The number of carbonyl (C=O) groups is 1. The molecule has 3 rings (SSSR count). The normalized spacial score (nSPS) is 13.3. The van der Waals surface area contributed by atoms with Gasteiger partial charge in [-0.1, -0.05) is 6.92 Å². The van der Waals surface area contributed by atoms with Gasteiger partial charge < -0.3 is 19.9 Å². The Morgan fingerprint density at radius 3 is 3.14 bits per heavy atom. The van der Waals surface area contributed by atoms with E-state index in [2.05, 4.69) is 40.5 Å². The first-order valence-electron chi connectivity index (χ1n) is 7.21. The van der Waals surface area contributed by atoms with E-state index in [9.17, 15) is 4.79 Å². The van der Waals surface area contributed by atoms with Gasteiger partial charge in [0.25, 0.3) is 5.91 Å². The molecule has 0 bridgehead atoms. The third-order valence-corrected chi connectivity index (χ3v) is 3.47. The number of hydrogen-bond acceptors (Lipinski definition) is 3. The summed E-state index contributed by atoms with van der Waals surface area (Å²) in [4.78, 5) is 11.3. The Bertz CT molecular complexity index is 649. The Labute approximate surface area is 123 Å². The van der Waals surface area contributed by atoms with Gasteiger partial charge >= 0.3 is 0 Å². The lowest BCUT2D eigenvalue weighted by molar-refractivity contribution is -0.118. The Hall–Kier alpha value is -2.43. The van der Waals surface area contributed by atoms with Crippen LogP contribution in [-0.4, -0.2) is 17.1 Å². The van der Waals surface area contributed by atoms with Gasteiger partial charge in [-0.15, -0.1) is 0 Å². The highest BCUT2D eigenvalue weighted by Crippen LogP contribution is 2.30. The molecule has 1 aromatic heterocycles. The number of ether oxygens (including phenoxy) is 1. The summed E-state index contributed by atoms with van der Waals surface area (Å²) in [6, 6.07) is 9.92. The summed E-state index contributed by atoms with van der Waals surface area (Å²) in [5, 5.41) is 6.20. The van der Waals surface area contributed by atoms with Crippen LogP contribution >= 0.6 is 0 Å². The van der Waals surface area contributed by atoms with E-state index in [0.29, 0.717) is 0 Å². The quantitative estimate of drug-likeness (QED) is 0.888. The monoisotopic (exact) mass is 285 g/mol. The molecular weight excluding hydrogens is 266 g/mol. The number of rotatable bonds is 5. The molecule has 0 saturated heterocycles. The van der Waals surface area contributed by atoms with E-state index in [-0.39, 0.29) is 12.5 Å². The van der Waals surface area contributed by atoms with E-state index in [1.165, 1.54) is 5.69 Å². The number of carbonyl (C=O) groups excluding carboxylic acids is 1. The molecule has 0 atom stereocenters. The molecule has 0 aliphatic carbocycles. The molecule has 0 saturated carbocycles. The van der Waals surface area contributed by atoms with Crippen LogP contribution in [0.5, 0.6) is 5.75 Å². The number of aryl methyl sites for hydroxylation is 1. The number of hydrogen-bond donors (Lipinski definition) is 2. The van der Waals surface area contributed by atoms with Crippen LogP contribution in [0.2, 0.25) is 0 Å². The van der Waals surface area contributed by atoms with Crippen LogP contribution in [0.4, 0.5) is 11.4 Å². The van der Waals surface area contributed by atoms with Crippen molar-refractivity contribution < 1.29 is 9.53 Å². The minimum absolute atomic E-state index is 0.0876. The molecule has 0 fully saturated rings. The van der Waals surface area contributed by atoms with E-state index in [4.69, 9.17) is 4.74 Å². The molecular formula is C16H19N3O2. The predicted molar refractivity (Wildman–Crippen MR) is 82.6 cm³/mol. The fourth-order valence-electron chi connectivity index (χ4n) is 2.45. The molecule has 21 heavy (non-hydrogen) atoms. The van der Waals surface area contributed by atoms with Crippen LogP contribution in [0.1, 0.15) is 19.0 Å². The van der Waals surface area contributed by atoms with E-state index in [1.807, 2.05) is 18.2 Å². The maximum atomic E-state index is 11.3. The summed E-state index contributed by atoms with van der Waals surface area (Å²) in [7, 11) is 0. The second kappa shape index (κ2) is 5.91. The smallest absolute Gasteiger partial charge is 0.262 e. The summed E-state index contributed by atoms with van der Waals surface area (Å²) in [6.45, 7) is 4.03. The molecule has 0 unspecified atom stereocenters. The lowest BCUT2D eigenvalue weighted by Gasteiger charge is -2.19. The van der Waals surface area contributed by atoms with Crippen LogP contribution in [-0.2, 0) is 17.9 Å². The molecule has 0 spiro atoms. The molecule has 5 heteroatoms. The third kappa shape index (κ3) is 3.02. The number of benzene rings is 1. The average molecular weight is 285 g/mol. The second-order valence-corrected chi connectivity index (χ2v) is 5.09. The lowest BCUT2D eigenvalue weighted by atomic mass is 10.2. The molecule has 5 nitrogen and oxygen atoms in total. The zero-order valence-corrected chi connectivity index (χ0v) is 12.1. The topological polar surface area (TPSA) is 55.3 Å². The van der Waals surface area contributed by atoms with Gasteiger partial charge in [0.15, 0.2) is 6.61 Å². The fraction of sp³-hybridized carbons (Fsp3) is 0.312. The highest BCUT2D eigenvalue weighted by atomic mass is 16.5. The van der Waals surface area contributed by atoms with Crippen LogP contribution < -0.4 is 15.4 Å². The molecule has 110 valence electrons. The van der Waals surface area contributed by atoms with E-state index >= 15 is 0 Å². The Morgan fingerprint density at radius 1 is 1.38 bits per heavy atom. The van der Waals surface area contributed by atoms with Crippen LogP contribution in [0.25, 0.3) is 0 Å². The largest absolute Gasteiger partial charge is 0.482 e. The highest BCUT2D eigenvalue weighted by Gasteiger charge is 2.15. The standard InChI is InChI=1S/C16H19N3O2/c1-2-7-19-8-3-4-13(19)10-17-12-5-6-15-14(9-12)18-16(20)11-21-15/h3-6,8-9,17H,2,7,10-11H2,1H3,(H,18,20). The number of aromatic nitrogens is 1. The maximum absolute atomic E-state index is 11.3. The van der Waals surface area contributed by atoms with Gasteiger partial charge in [0.1, 0.15) is 5.75 Å². The van der Waals surface area contributed by atoms with Gasteiger partial charge in [-0.2, -0.15) is 0 Å². The van der Waals surface area contributed by atoms with Gasteiger partial charge in [-0.05, 0) is 36.8 Å². The van der Waals surface area contributed by atoms with Gasteiger partial charge in [0.2, 0.25) is 0 Å². The van der Waals surface area contributed by atoms with Gasteiger partial charge in [0.05, 0.1) is 12.2 Å². The first-order valence-corrected chi connectivity index (χ1v) is 7.21. The van der Waals surface area contributed by atoms with Crippen molar-refractivity contribution in [2.24, 2.45) is 0 Å². The summed E-state index contributed by atoms with van der Waals surface area (Å²) in [5.74, 6) is 0.603. The predicted octanol–water partition coefficient (Wildman–Crippen LogP) is 2.84. The Balaban J connectivity index is 1.69. The number of fused-ring (bicyclic) bond motifs is 1. The maximum Gasteiger partial charge on any atom is 0.262 e. The lowest BCUT2D eigenvalue weighted by Crippen LogP contribution is -2.25. The van der Waals surface area contributed by atoms with Crippen molar-refractivity contribution in [1.29, 1.82) is 0 Å². The first-order chi connectivity index (χ1) is 10.3. The van der Waals surface area contributed by atoms with Crippen molar-refractivity contribution in [1.82, 2.24) is 4.57 Å². The van der Waals surface area contributed by atoms with Gasteiger partial charge in [-0.25, -0.2) is 0 Å². The molecule has 1 amide bonds. The van der Waals surface area contributed by atoms with Gasteiger partial charge in [0, 0.05) is 24.1 Å². The molecule has 2 N–H and O–H groups in total. The van der Waals surface area contributed by atoms with Crippen molar-refractivity contribution >= 4 is 17.3 Å². The van der Waals surface area contributed by atoms with Crippen molar-refractivity contribution in [3.63, 3.8) is 0 Å². The summed E-state index contributed by atoms with van der Waals surface area (Å²) in [5.41, 5.74) is 2.93. The summed E-state index contributed by atoms with van der Waals surface area (Å²) < 4.78 is 7.59. The number of anilines is 2. The number of nitrogens with one attached hydrogen (secondary N) is 2. The molecule has 1 aliphatic heterocycles. The van der Waals surface area contributed by atoms with Gasteiger partial charge in [-0.3, -0.25) is 4.79 Å². The fourth-order valence-corrected chi connectivity index (χ4v) is 2.45. The number of amides is 1. The minimum atomic E-state index is -0.114. The van der Waals surface area contributed by atoms with Crippen molar-refractivity contribution in [3.8, 4) is 5.75 Å². The van der Waals surface area contributed by atoms with E-state index in [0.717, 1.165) is 36.6 Å². The summed E-state index contributed by atoms with van der Waals surface area (Å²) >= 11 is 0. The molecule has 0 radical (unpaired) electrons. The van der Waals surface area contributed by atoms with Crippen LogP contribution in [0.3, 0.4) is 0 Å². The minimum Gasteiger partial charge on any atom is -0.482 e. The second-order valence-electron chi connectivity index (χ2n) is 5.09. The summed E-state index contributed by atoms with van der Waals surface area (Å²) in [6.07, 6.45) is 3.21. The third-order valence-electron chi connectivity index (χ3n) is 3.47. The Morgan fingerprint density at radius 2 is 2.29 bits per heavy atom. The van der Waals surface area contributed by atoms with Crippen molar-refractivity contribution in [2.45, 2.75) is 26.4 Å². The molecule has 1 aliphatic rings. The van der Waals surface area contributed by atoms with Crippen LogP contribution in [0.15, 0.2) is 36.5 Å². The molecule has 2 aromatic rings. The molecule has 1 aromatic carbocycles.